The lowest BCUT2D eigenvalue weighted by Gasteiger charge is -2.20. The van der Waals surface area contributed by atoms with Crippen LogP contribution >= 0.6 is 0 Å². The molecule has 0 radical (unpaired) electrons. The van der Waals surface area contributed by atoms with Crippen molar-refractivity contribution in [2.24, 2.45) is 0 Å². The second kappa shape index (κ2) is 6.29. The van der Waals surface area contributed by atoms with Crippen molar-refractivity contribution in [3.8, 4) is 11.1 Å². The van der Waals surface area contributed by atoms with E-state index >= 15 is 0 Å². The molecule has 25 heavy (non-hydrogen) atoms. The number of hydrogen-bond donors (Lipinski definition) is 1. The molecule has 0 saturated carbocycles. The van der Waals surface area contributed by atoms with E-state index in [2.05, 4.69) is 91.8 Å². The molecule has 3 aromatic rings. The molecule has 126 valence electrons. The summed E-state index contributed by atoms with van der Waals surface area (Å²) in [4.78, 5) is 2.25. The first kappa shape index (κ1) is 15.8. The van der Waals surface area contributed by atoms with E-state index in [0.29, 0.717) is 0 Å². The maximum Gasteiger partial charge on any atom is 0.0414 e. The summed E-state index contributed by atoms with van der Waals surface area (Å²) in [6.07, 6.45) is 1.03. The molecule has 1 N–H and O–H groups in total. The number of benzene rings is 3. The van der Waals surface area contributed by atoms with Gasteiger partial charge < -0.3 is 10.2 Å². The van der Waals surface area contributed by atoms with Gasteiger partial charge in [-0.2, -0.15) is 0 Å². The molecule has 0 unspecified atom stereocenters. The molecule has 0 fully saturated rings. The van der Waals surface area contributed by atoms with Gasteiger partial charge in [-0.3, -0.25) is 0 Å². The summed E-state index contributed by atoms with van der Waals surface area (Å²) < 4.78 is 0. The Bertz CT molecular complexity index is 910. The normalized spacial score (nSPS) is 11.8. The third-order valence-corrected chi connectivity index (χ3v) is 5.06. The van der Waals surface area contributed by atoms with Gasteiger partial charge in [-0.1, -0.05) is 29.8 Å². The molecule has 2 nitrogen and oxygen atoms in total. The summed E-state index contributed by atoms with van der Waals surface area (Å²) in [7, 11) is 2.14. The molecule has 0 saturated heterocycles. The third kappa shape index (κ3) is 2.89. The zero-order valence-corrected chi connectivity index (χ0v) is 15.1. The minimum atomic E-state index is 0.956. The van der Waals surface area contributed by atoms with Crippen LogP contribution in [-0.4, -0.2) is 13.6 Å². The maximum atomic E-state index is 3.41. The van der Waals surface area contributed by atoms with Gasteiger partial charge >= 0.3 is 0 Å². The second-order valence-electron chi connectivity index (χ2n) is 6.82. The molecule has 0 bridgehead atoms. The fourth-order valence-corrected chi connectivity index (χ4v) is 3.62. The van der Waals surface area contributed by atoms with E-state index in [1.165, 1.54) is 44.9 Å². The predicted octanol–water partition coefficient (Wildman–Crippen LogP) is 5.77. The van der Waals surface area contributed by atoms with Crippen LogP contribution in [0.1, 0.15) is 23.6 Å². The van der Waals surface area contributed by atoms with Crippen molar-refractivity contribution < 1.29 is 0 Å². The first-order valence-electron chi connectivity index (χ1n) is 8.96. The third-order valence-electron chi connectivity index (χ3n) is 5.06. The Morgan fingerprint density at radius 3 is 2.36 bits per heavy atom. The molecular weight excluding hydrogens is 304 g/mol. The van der Waals surface area contributed by atoms with Gasteiger partial charge in [-0.05, 0) is 78.9 Å². The highest BCUT2D eigenvalue weighted by Gasteiger charge is 2.19. The number of nitrogens with zero attached hydrogens (tertiary/aromatic N) is 1. The smallest absolute Gasteiger partial charge is 0.0414 e. The molecule has 3 aromatic carbocycles. The highest BCUT2D eigenvalue weighted by Crippen LogP contribution is 2.40. The SMILES string of the molecule is CCNc1ccc2c(c1)Cc1ccc(N(C)c3ccc(C)cc3)cc1-2. The lowest BCUT2D eigenvalue weighted by molar-refractivity contribution is 1.19. The van der Waals surface area contributed by atoms with Crippen molar-refractivity contribution in [1.29, 1.82) is 0 Å². The summed E-state index contributed by atoms with van der Waals surface area (Å²) >= 11 is 0. The fourth-order valence-electron chi connectivity index (χ4n) is 3.62. The minimum absolute atomic E-state index is 0.956. The molecular formula is C23H24N2. The van der Waals surface area contributed by atoms with Gasteiger partial charge in [0.1, 0.15) is 0 Å². The molecule has 0 heterocycles. The van der Waals surface area contributed by atoms with E-state index in [-0.39, 0.29) is 0 Å². The summed E-state index contributed by atoms with van der Waals surface area (Å²) in [5.74, 6) is 0. The standard InChI is InChI=1S/C23H24N2/c1-4-24-19-8-12-22-18(14-19)13-17-7-11-21(15-23(17)22)25(3)20-9-5-16(2)6-10-20/h5-12,14-15,24H,4,13H2,1-3H3. The number of aryl methyl sites for hydroxylation is 1. The van der Waals surface area contributed by atoms with Crippen LogP contribution in [0.4, 0.5) is 17.1 Å². The van der Waals surface area contributed by atoms with Gasteiger partial charge in [-0.15, -0.1) is 0 Å². The fraction of sp³-hybridized carbons (Fsp3) is 0.217. The quantitative estimate of drug-likeness (QED) is 0.512. The highest BCUT2D eigenvalue weighted by atomic mass is 15.1. The number of fused-ring (bicyclic) bond motifs is 3. The van der Waals surface area contributed by atoms with Crippen LogP contribution in [-0.2, 0) is 6.42 Å². The van der Waals surface area contributed by atoms with E-state index in [9.17, 15) is 0 Å². The monoisotopic (exact) mass is 328 g/mol. The largest absolute Gasteiger partial charge is 0.385 e. The van der Waals surface area contributed by atoms with E-state index in [0.717, 1.165) is 13.0 Å². The lowest BCUT2D eigenvalue weighted by atomic mass is 10.0. The average molecular weight is 328 g/mol. The van der Waals surface area contributed by atoms with Crippen LogP contribution in [0.3, 0.4) is 0 Å². The summed E-state index contributed by atoms with van der Waals surface area (Å²) in [5.41, 5.74) is 10.5. The topological polar surface area (TPSA) is 15.3 Å². The zero-order valence-electron chi connectivity index (χ0n) is 15.1. The molecule has 0 aliphatic heterocycles. The van der Waals surface area contributed by atoms with Crippen molar-refractivity contribution in [1.82, 2.24) is 0 Å². The van der Waals surface area contributed by atoms with Gasteiger partial charge in [0, 0.05) is 30.7 Å². The molecule has 1 aliphatic rings. The Morgan fingerprint density at radius 2 is 1.60 bits per heavy atom. The predicted molar refractivity (Wildman–Crippen MR) is 108 cm³/mol. The second-order valence-corrected chi connectivity index (χ2v) is 6.82. The highest BCUT2D eigenvalue weighted by molar-refractivity contribution is 5.82. The summed E-state index contributed by atoms with van der Waals surface area (Å²) in [5, 5.41) is 3.41. The zero-order chi connectivity index (χ0) is 17.4. The van der Waals surface area contributed by atoms with Crippen LogP contribution < -0.4 is 10.2 Å². The van der Waals surface area contributed by atoms with Crippen molar-refractivity contribution >= 4 is 17.1 Å². The van der Waals surface area contributed by atoms with Gasteiger partial charge in [0.25, 0.3) is 0 Å². The molecule has 0 aromatic heterocycles. The van der Waals surface area contributed by atoms with E-state index in [1.54, 1.807) is 0 Å². The van der Waals surface area contributed by atoms with Crippen LogP contribution in [0.25, 0.3) is 11.1 Å². The first-order valence-corrected chi connectivity index (χ1v) is 8.96. The van der Waals surface area contributed by atoms with Crippen LogP contribution in [0.15, 0.2) is 60.7 Å². The number of hydrogen-bond acceptors (Lipinski definition) is 2. The van der Waals surface area contributed by atoms with E-state index in [1.807, 2.05) is 0 Å². The molecule has 4 rings (SSSR count). The van der Waals surface area contributed by atoms with Crippen LogP contribution in [0, 0.1) is 6.92 Å². The molecule has 0 amide bonds. The summed E-state index contributed by atoms with van der Waals surface area (Å²) in [6.45, 7) is 5.21. The van der Waals surface area contributed by atoms with E-state index < -0.39 is 0 Å². The molecule has 0 spiro atoms. The van der Waals surface area contributed by atoms with Gasteiger partial charge in [0.15, 0.2) is 0 Å². The van der Waals surface area contributed by atoms with Crippen molar-refractivity contribution in [2.45, 2.75) is 20.3 Å². The Morgan fingerprint density at radius 1 is 0.840 bits per heavy atom. The average Bonchev–Trinajstić information content (AvgIpc) is 2.99. The Hall–Kier alpha value is -2.74. The van der Waals surface area contributed by atoms with Crippen molar-refractivity contribution in [3.63, 3.8) is 0 Å². The minimum Gasteiger partial charge on any atom is -0.385 e. The number of nitrogens with one attached hydrogen (secondary N) is 1. The van der Waals surface area contributed by atoms with Gasteiger partial charge in [0.05, 0.1) is 0 Å². The summed E-state index contributed by atoms with van der Waals surface area (Å²) in [6, 6.07) is 22.3. The number of anilines is 3. The molecule has 1 aliphatic carbocycles. The van der Waals surface area contributed by atoms with Crippen molar-refractivity contribution in [2.75, 3.05) is 23.8 Å². The van der Waals surface area contributed by atoms with E-state index in [4.69, 9.17) is 0 Å². The van der Waals surface area contributed by atoms with Crippen molar-refractivity contribution in [3.05, 3.63) is 77.4 Å². The van der Waals surface area contributed by atoms with Gasteiger partial charge in [-0.25, -0.2) is 0 Å². The Balaban J connectivity index is 1.69. The van der Waals surface area contributed by atoms with Crippen LogP contribution in [0.2, 0.25) is 0 Å². The van der Waals surface area contributed by atoms with Crippen LogP contribution in [0.5, 0.6) is 0 Å². The van der Waals surface area contributed by atoms with Gasteiger partial charge in [0.2, 0.25) is 0 Å². The molecule has 2 heteroatoms. The lowest BCUT2D eigenvalue weighted by Crippen LogP contribution is -2.09. The first-order chi connectivity index (χ1) is 12.2. The maximum absolute atomic E-state index is 3.41. The Labute approximate surface area is 150 Å². The number of rotatable bonds is 4. The molecule has 0 atom stereocenters. The Kier molecular flexibility index (Phi) is 3.96.